The van der Waals surface area contributed by atoms with Gasteiger partial charge in [-0.05, 0) is 58.8 Å². The van der Waals surface area contributed by atoms with Crippen LogP contribution in [-0.4, -0.2) is 17.4 Å². The van der Waals surface area contributed by atoms with Gasteiger partial charge in [0, 0.05) is 30.6 Å². The van der Waals surface area contributed by atoms with Crippen molar-refractivity contribution in [2.75, 3.05) is 11.9 Å². The summed E-state index contributed by atoms with van der Waals surface area (Å²) in [5, 5.41) is 5.30. The fraction of sp³-hybridized carbons (Fsp3) is 0.227. The van der Waals surface area contributed by atoms with E-state index in [0.29, 0.717) is 12.1 Å². The maximum atomic E-state index is 13.3. The second kappa shape index (κ2) is 7.72. The third-order valence-electron chi connectivity index (χ3n) is 5.08. The first-order chi connectivity index (χ1) is 13.5. The normalized spacial score (nSPS) is 16.0. The van der Waals surface area contributed by atoms with Crippen LogP contribution in [0.5, 0.6) is 0 Å². The first-order valence-electron chi connectivity index (χ1n) is 9.14. The molecule has 28 heavy (non-hydrogen) atoms. The number of rotatable bonds is 4. The number of nitrogens with one attached hydrogen (secondary N) is 1. The van der Waals surface area contributed by atoms with E-state index in [-0.39, 0.29) is 11.9 Å². The van der Waals surface area contributed by atoms with Crippen molar-refractivity contribution >= 4 is 22.9 Å². The Morgan fingerprint density at radius 2 is 1.93 bits per heavy atom. The van der Waals surface area contributed by atoms with Gasteiger partial charge in [0.05, 0.1) is 6.04 Å². The molecule has 2 aromatic carbocycles. The number of fused-ring (bicyclic) bond motifs is 1. The molecule has 4 rings (SSSR count). The predicted octanol–water partition coefficient (Wildman–Crippen LogP) is 5.13. The van der Waals surface area contributed by atoms with Crippen molar-refractivity contribution in [1.29, 1.82) is 0 Å². The van der Waals surface area contributed by atoms with Crippen LogP contribution in [0.15, 0.2) is 53.9 Å². The number of carbonyl (C=O) groups is 1. The number of hydrogen-bond acceptors (Lipinski definition) is 3. The Kier molecular flexibility index (Phi) is 5.13. The third-order valence-corrected chi connectivity index (χ3v) is 6.07. The summed E-state index contributed by atoms with van der Waals surface area (Å²) >= 11 is 1.74. The van der Waals surface area contributed by atoms with Crippen molar-refractivity contribution in [3.8, 4) is 0 Å². The van der Waals surface area contributed by atoms with Gasteiger partial charge in [-0.1, -0.05) is 18.2 Å². The van der Waals surface area contributed by atoms with E-state index in [1.54, 1.807) is 24.3 Å². The number of hydrogen-bond donors (Lipinski definition) is 1. The lowest BCUT2D eigenvalue weighted by molar-refractivity contribution is -0.130. The van der Waals surface area contributed by atoms with E-state index in [1.165, 1.54) is 16.5 Å². The van der Waals surface area contributed by atoms with Gasteiger partial charge in [0.15, 0.2) is 11.6 Å². The van der Waals surface area contributed by atoms with Crippen molar-refractivity contribution in [3.63, 3.8) is 0 Å². The van der Waals surface area contributed by atoms with E-state index in [2.05, 4.69) is 16.8 Å². The number of halogens is 2. The summed E-state index contributed by atoms with van der Waals surface area (Å²) in [7, 11) is 0. The molecule has 1 atom stereocenters. The zero-order chi connectivity index (χ0) is 19.7. The fourth-order valence-corrected chi connectivity index (χ4v) is 4.56. The number of carbonyl (C=O) groups excluding carboxylic acids is 1. The second-order valence-electron chi connectivity index (χ2n) is 6.89. The lowest BCUT2D eigenvalue weighted by Gasteiger charge is -2.35. The summed E-state index contributed by atoms with van der Waals surface area (Å²) in [4.78, 5) is 15.4. The number of amides is 1. The van der Waals surface area contributed by atoms with Gasteiger partial charge in [-0.15, -0.1) is 11.3 Å². The highest BCUT2D eigenvalue weighted by Gasteiger charge is 2.31. The minimum atomic E-state index is -0.845. The summed E-state index contributed by atoms with van der Waals surface area (Å²) in [6.07, 6.45) is 0.900. The standard InChI is InChI=1S/C22H20F2N2OS/c1-14(27)26-10-8-21-18(9-11-28-21)22(26)16-3-5-17(6-4-16)25-13-15-2-7-19(23)20(24)12-15/h2-7,9,11-12,22,25H,8,10,13H2,1H3/t22-/m1/s1. The van der Waals surface area contributed by atoms with Gasteiger partial charge in [-0.25, -0.2) is 8.78 Å². The highest BCUT2D eigenvalue weighted by atomic mass is 32.1. The Morgan fingerprint density at radius 3 is 2.64 bits per heavy atom. The Hall–Kier alpha value is -2.73. The smallest absolute Gasteiger partial charge is 0.220 e. The van der Waals surface area contributed by atoms with Crippen LogP contribution in [0.3, 0.4) is 0 Å². The first kappa shape index (κ1) is 18.6. The van der Waals surface area contributed by atoms with Crippen LogP contribution in [0.2, 0.25) is 0 Å². The molecule has 0 spiro atoms. The summed E-state index contributed by atoms with van der Waals surface area (Å²) < 4.78 is 26.4. The molecule has 6 heteroatoms. The van der Waals surface area contributed by atoms with Crippen LogP contribution in [0.4, 0.5) is 14.5 Å². The molecule has 0 aliphatic carbocycles. The van der Waals surface area contributed by atoms with Crippen molar-refractivity contribution < 1.29 is 13.6 Å². The highest BCUT2D eigenvalue weighted by molar-refractivity contribution is 7.10. The summed E-state index contributed by atoms with van der Waals surface area (Å²) in [6, 6.07) is 13.9. The van der Waals surface area contributed by atoms with Crippen molar-refractivity contribution in [1.82, 2.24) is 4.90 Å². The molecule has 0 fully saturated rings. The molecule has 144 valence electrons. The van der Waals surface area contributed by atoms with E-state index in [0.717, 1.165) is 30.3 Å². The number of nitrogens with zero attached hydrogens (tertiary/aromatic N) is 1. The molecule has 1 amide bonds. The van der Waals surface area contributed by atoms with Gasteiger partial charge in [0.25, 0.3) is 0 Å². The zero-order valence-corrected chi connectivity index (χ0v) is 16.2. The zero-order valence-electron chi connectivity index (χ0n) is 15.4. The van der Waals surface area contributed by atoms with Crippen molar-refractivity contribution in [3.05, 3.63) is 87.1 Å². The molecule has 0 saturated heterocycles. The van der Waals surface area contributed by atoms with Gasteiger partial charge in [0.1, 0.15) is 0 Å². The van der Waals surface area contributed by atoms with Crippen LogP contribution < -0.4 is 5.32 Å². The number of thiophene rings is 1. The van der Waals surface area contributed by atoms with Gasteiger partial charge < -0.3 is 10.2 Å². The van der Waals surface area contributed by atoms with E-state index in [1.807, 2.05) is 29.2 Å². The first-order valence-corrected chi connectivity index (χ1v) is 10.0. The SMILES string of the molecule is CC(=O)N1CCc2sccc2[C@H]1c1ccc(NCc2ccc(F)c(F)c2)cc1. The molecule has 2 heterocycles. The van der Waals surface area contributed by atoms with Gasteiger partial charge >= 0.3 is 0 Å². The Morgan fingerprint density at radius 1 is 1.14 bits per heavy atom. The lowest BCUT2D eigenvalue weighted by atomic mass is 9.93. The van der Waals surface area contributed by atoms with Gasteiger partial charge in [-0.3, -0.25) is 4.79 Å². The topological polar surface area (TPSA) is 32.3 Å². The van der Waals surface area contributed by atoms with E-state index in [4.69, 9.17) is 0 Å². The summed E-state index contributed by atoms with van der Waals surface area (Å²) in [5.41, 5.74) is 3.81. The monoisotopic (exact) mass is 398 g/mol. The number of benzene rings is 2. The lowest BCUT2D eigenvalue weighted by Crippen LogP contribution is -2.38. The highest BCUT2D eigenvalue weighted by Crippen LogP contribution is 2.38. The van der Waals surface area contributed by atoms with Crippen LogP contribution >= 0.6 is 11.3 Å². The molecular formula is C22H20F2N2OS. The summed E-state index contributed by atoms with van der Waals surface area (Å²) in [5.74, 6) is -1.62. The molecule has 1 aromatic heterocycles. The maximum absolute atomic E-state index is 13.3. The van der Waals surface area contributed by atoms with Gasteiger partial charge in [0.2, 0.25) is 5.91 Å². The third kappa shape index (κ3) is 3.64. The fourth-order valence-electron chi connectivity index (χ4n) is 3.65. The molecular weight excluding hydrogens is 378 g/mol. The van der Waals surface area contributed by atoms with Crippen LogP contribution in [-0.2, 0) is 17.8 Å². The Labute approximate surface area is 166 Å². The Bertz CT molecular complexity index is 1000. The van der Waals surface area contributed by atoms with E-state index >= 15 is 0 Å². The average Bonchev–Trinajstić information content (AvgIpc) is 3.17. The minimum absolute atomic E-state index is 0.0623. The number of anilines is 1. The van der Waals surface area contributed by atoms with E-state index < -0.39 is 11.6 Å². The van der Waals surface area contributed by atoms with Crippen molar-refractivity contribution in [2.45, 2.75) is 25.9 Å². The second-order valence-corrected chi connectivity index (χ2v) is 7.89. The molecule has 3 nitrogen and oxygen atoms in total. The summed E-state index contributed by atoms with van der Waals surface area (Å²) in [6.45, 7) is 2.74. The maximum Gasteiger partial charge on any atom is 0.220 e. The van der Waals surface area contributed by atoms with Crippen LogP contribution in [0, 0.1) is 11.6 Å². The average molecular weight is 398 g/mol. The molecule has 3 aromatic rings. The quantitative estimate of drug-likeness (QED) is 0.661. The Balaban J connectivity index is 1.52. The largest absolute Gasteiger partial charge is 0.381 e. The van der Waals surface area contributed by atoms with Crippen LogP contribution in [0.1, 0.15) is 34.5 Å². The molecule has 1 N–H and O–H groups in total. The minimum Gasteiger partial charge on any atom is -0.381 e. The molecule has 0 saturated carbocycles. The molecule has 0 radical (unpaired) electrons. The van der Waals surface area contributed by atoms with E-state index in [9.17, 15) is 13.6 Å². The molecule has 0 bridgehead atoms. The molecule has 1 aliphatic rings. The molecule has 1 aliphatic heterocycles. The van der Waals surface area contributed by atoms with Crippen molar-refractivity contribution in [2.24, 2.45) is 0 Å². The predicted molar refractivity (Wildman–Crippen MR) is 107 cm³/mol. The van der Waals surface area contributed by atoms with Gasteiger partial charge in [-0.2, -0.15) is 0 Å². The molecule has 0 unspecified atom stereocenters. The van der Waals surface area contributed by atoms with Crippen LogP contribution in [0.25, 0.3) is 0 Å².